The van der Waals surface area contributed by atoms with Crippen molar-refractivity contribution in [3.63, 3.8) is 0 Å². The summed E-state index contributed by atoms with van der Waals surface area (Å²) >= 11 is 0. The maximum Gasteiger partial charge on any atom is 0.272 e. The van der Waals surface area contributed by atoms with Crippen LogP contribution < -0.4 is 0 Å². The summed E-state index contributed by atoms with van der Waals surface area (Å²) in [5.41, 5.74) is 2.37. The van der Waals surface area contributed by atoms with Crippen molar-refractivity contribution in [1.29, 1.82) is 0 Å². The molecular formula is C15H25N3O4. The Morgan fingerprint density at radius 1 is 1.55 bits per heavy atom. The van der Waals surface area contributed by atoms with Crippen LogP contribution in [-0.2, 0) is 22.4 Å². The Morgan fingerprint density at radius 3 is 2.91 bits per heavy atom. The Morgan fingerprint density at radius 2 is 2.27 bits per heavy atom. The molecule has 1 amide bonds. The van der Waals surface area contributed by atoms with Gasteiger partial charge in [-0.3, -0.25) is 9.48 Å². The molecule has 124 valence electrons. The molecule has 22 heavy (non-hydrogen) atoms. The van der Waals surface area contributed by atoms with Crippen LogP contribution in [0.1, 0.15) is 41.7 Å². The maximum atomic E-state index is 12.7. The third kappa shape index (κ3) is 3.31. The van der Waals surface area contributed by atoms with E-state index >= 15 is 0 Å². The molecule has 2 rings (SSSR count). The lowest BCUT2D eigenvalue weighted by Gasteiger charge is -2.25. The first-order valence-electron chi connectivity index (χ1n) is 7.59. The van der Waals surface area contributed by atoms with Crippen LogP contribution in [0.2, 0.25) is 0 Å². The lowest BCUT2D eigenvalue weighted by Crippen LogP contribution is -2.33. The first kappa shape index (κ1) is 16.9. The molecule has 1 aliphatic heterocycles. The van der Waals surface area contributed by atoms with Crippen molar-refractivity contribution in [1.82, 2.24) is 14.7 Å². The molecular weight excluding hydrogens is 286 g/mol. The number of methoxy groups -OCH3 is 1. The van der Waals surface area contributed by atoms with Gasteiger partial charge in [-0.2, -0.15) is 5.10 Å². The number of fused-ring (bicyclic) bond motifs is 1. The average Bonchev–Trinajstić information content (AvgIpc) is 2.83. The number of amides is 1. The van der Waals surface area contributed by atoms with Crippen molar-refractivity contribution in [3.8, 4) is 0 Å². The number of aliphatic hydroxyl groups is 1. The molecule has 7 heteroatoms. The van der Waals surface area contributed by atoms with E-state index in [2.05, 4.69) is 5.10 Å². The first-order chi connectivity index (χ1) is 10.5. The standard InChI is InChI=1S/C15H25N3O4/c1-10-9-12-13(11(2)22-10)16-18(6-8-21-4)14(12)15(20)17(3)5-7-19/h10-11,19H,5-9H2,1-4H3/t10-,11+/m0/s1. The molecule has 1 aromatic heterocycles. The normalized spacial score (nSPS) is 20.8. The van der Waals surface area contributed by atoms with E-state index in [0.29, 0.717) is 31.8 Å². The zero-order valence-electron chi connectivity index (χ0n) is 13.7. The number of hydrogen-bond acceptors (Lipinski definition) is 5. The molecule has 1 aliphatic rings. The summed E-state index contributed by atoms with van der Waals surface area (Å²) in [5, 5.41) is 13.6. The van der Waals surface area contributed by atoms with Gasteiger partial charge in [-0.15, -0.1) is 0 Å². The Bertz CT molecular complexity index is 529. The lowest BCUT2D eigenvalue weighted by atomic mass is 9.99. The van der Waals surface area contributed by atoms with Gasteiger partial charge in [-0.1, -0.05) is 0 Å². The molecule has 0 saturated heterocycles. The monoisotopic (exact) mass is 311 g/mol. The van der Waals surface area contributed by atoms with E-state index in [1.54, 1.807) is 18.8 Å². The second-order valence-electron chi connectivity index (χ2n) is 5.67. The predicted octanol–water partition coefficient (Wildman–Crippen LogP) is 0.616. The Labute approximate surface area is 130 Å². The number of carbonyl (C=O) groups is 1. The van der Waals surface area contributed by atoms with Crippen LogP contribution in [-0.4, -0.2) is 65.7 Å². The van der Waals surface area contributed by atoms with Gasteiger partial charge in [0, 0.05) is 32.7 Å². The quantitative estimate of drug-likeness (QED) is 0.833. The molecule has 0 aliphatic carbocycles. The van der Waals surface area contributed by atoms with Crippen LogP contribution in [0.15, 0.2) is 0 Å². The molecule has 0 spiro atoms. The highest BCUT2D eigenvalue weighted by molar-refractivity contribution is 5.94. The summed E-state index contributed by atoms with van der Waals surface area (Å²) < 4.78 is 12.6. The number of rotatable bonds is 6. The van der Waals surface area contributed by atoms with Gasteiger partial charge in [0.25, 0.3) is 5.91 Å². The Hall–Kier alpha value is -1.44. The minimum atomic E-state index is -0.128. The zero-order valence-corrected chi connectivity index (χ0v) is 13.7. The molecule has 2 atom stereocenters. The van der Waals surface area contributed by atoms with Crippen molar-refractivity contribution >= 4 is 5.91 Å². The fourth-order valence-electron chi connectivity index (χ4n) is 2.81. The fourth-order valence-corrected chi connectivity index (χ4v) is 2.81. The highest BCUT2D eigenvalue weighted by Crippen LogP contribution is 2.31. The van der Waals surface area contributed by atoms with E-state index < -0.39 is 0 Å². The zero-order chi connectivity index (χ0) is 16.3. The minimum absolute atomic E-state index is 0.0530. The number of hydrogen-bond donors (Lipinski definition) is 1. The summed E-state index contributed by atoms with van der Waals surface area (Å²) in [7, 11) is 3.31. The van der Waals surface area contributed by atoms with Crippen LogP contribution in [0.4, 0.5) is 0 Å². The third-order valence-corrected chi connectivity index (χ3v) is 3.89. The predicted molar refractivity (Wildman–Crippen MR) is 80.8 cm³/mol. The first-order valence-corrected chi connectivity index (χ1v) is 7.59. The smallest absolute Gasteiger partial charge is 0.272 e. The third-order valence-electron chi connectivity index (χ3n) is 3.89. The van der Waals surface area contributed by atoms with Crippen LogP contribution >= 0.6 is 0 Å². The van der Waals surface area contributed by atoms with Crippen molar-refractivity contribution in [2.45, 2.75) is 39.0 Å². The van der Waals surface area contributed by atoms with E-state index in [1.807, 2.05) is 13.8 Å². The van der Waals surface area contributed by atoms with Gasteiger partial charge in [-0.25, -0.2) is 0 Å². The number of likely N-dealkylation sites (N-methyl/N-ethyl adjacent to an activating group) is 1. The molecule has 2 heterocycles. The molecule has 0 saturated carbocycles. The van der Waals surface area contributed by atoms with E-state index in [4.69, 9.17) is 14.6 Å². The molecule has 0 bridgehead atoms. The molecule has 0 radical (unpaired) electrons. The second kappa shape index (κ2) is 7.21. The van der Waals surface area contributed by atoms with Gasteiger partial charge in [0.1, 0.15) is 5.69 Å². The van der Waals surface area contributed by atoms with Gasteiger partial charge >= 0.3 is 0 Å². The van der Waals surface area contributed by atoms with Gasteiger partial charge in [0.05, 0.1) is 37.7 Å². The number of carbonyl (C=O) groups excluding carboxylic acids is 1. The lowest BCUT2D eigenvalue weighted by molar-refractivity contribution is -0.00720. The summed E-state index contributed by atoms with van der Waals surface area (Å²) in [6.45, 7) is 5.18. The van der Waals surface area contributed by atoms with Gasteiger partial charge in [0.15, 0.2) is 0 Å². The van der Waals surface area contributed by atoms with Crippen molar-refractivity contribution < 1.29 is 19.4 Å². The topological polar surface area (TPSA) is 76.8 Å². The minimum Gasteiger partial charge on any atom is -0.395 e. The van der Waals surface area contributed by atoms with Crippen LogP contribution in [0.3, 0.4) is 0 Å². The van der Waals surface area contributed by atoms with Crippen molar-refractivity contribution in [3.05, 3.63) is 17.0 Å². The summed E-state index contributed by atoms with van der Waals surface area (Å²) in [4.78, 5) is 14.3. The highest BCUT2D eigenvalue weighted by atomic mass is 16.5. The van der Waals surface area contributed by atoms with E-state index in [0.717, 1.165) is 11.3 Å². The van der Waals surface area contributed by atoms with Gasteiger partial charge in [0.2, 0.25) is 0 Å². The number of aliphatic hydroxyl groups excluding tert-OH is 1. The summed E-state index contributed by atoms with van der Waals surface area (Å²) in [6, 6.07) is 0. The van der Waals surface area contributed by atoms with Gasteiger partial charge in [-0.05, 0) is 13.8 Å². The highest BCUT2D eigenvalue weighted by Gasteiger charge is 2.32. The molecule has 0 aromatic carbocycles. The average molecular weight is 311 g/mol. The Kier molecular flexibility index (Phi) is 5.55. The van der Waals surface area contributed by atoms with Crippen molar-refractivity contribution in [2.24, 2.45) is 0 Å². The molecule has 1 N–H and O–H groups in total. The van der Waals surface area contributed by atoms with Crippen LogP contribution in [0, 0.1) is 0 Å². The van der Waals surface area contributed by atoms with E-state index in [-0.39, 0.29) is 24.7 Å². The fraction of sp³-hybridized carbons (Fsp3) is 0.733. The SMILES string of the molecule is COCCn1nc2c(c1C(=O)N(C)CCO)C[C@H](C)O[C@@H]2C. The van der Waals surface area contributed by atoms with Gasteiger partial charge < -0.3 is 19.5 Å². The van der Waals surface area contributed by atoms with Crippen LogP contribution in [0.5, 0.6) is 0 Å². The van der Waals surface area contributed by atoms with Crippen molar-refractivity contribution in [2.75, 3.05) is 33.9 Å². The molecule has 1 aromatic rings. The number of aromatic nitrogens is 2. The molecule has 0 unspecified atom stereocenters. The largest absolute Gasteiger partial charge is 0.395 e. The van der Waals surface area contributed by atoms with E-state index in [9.17, 15) is 4.79 Å². The summed E-state index contributed by atoms with van der Waals surface area (Å²) in [5.74, 6) is -0.125. The second-order valence-corrected chi connectivity index (χ2v) is 5.67. The summed E-state index contributed by atoms with van der Waals surface area (Å²) in [6.07, 6.45) is 0.593. The maximum absolute atomic E-state index is 12.7. The number of nitrogens with zero attached hydrogens (tertiary/aromatic N) is 3. The van der Waals surface area contributed by atoms with E-state index in [1.165, 1.54) is 4.90 Å². The number of ether oxygens (including phenoxy) is 2. The van der Waals surface area contributed by atoms with Crippen LogP contribution in [0.25, 0.3) is 0 Å². The Balaban J connectivity index is 2.42. The molecule has 0 fully saturated rings. The molecule has 7 nitrogen and oxygen atoms in total.